The second kappa shape index (κ2) is 8.09. The van der Waals surface area contributed by atoms with Gasteiger partial charge >= 0.3 is 5.97 Å². The number of sulfone groups is 1. The highest BCUT2D eigenvalue weighted by Gasteiger charge is 2.23. The van der Waals surface area contributed by atoms with Crippen molar-refractivity contribution < 1.29 is 27.1 Å². The average Bonchev–Trinajstić information content (AvgIpc) is 2.60. The molecule has 1 unspecified atom stereocenters. The lowest BCUT2D eigenvalue weighted by Gasteiger charge is -2.14. The number of carbonyl (C=O) groups excluding carboxylic acids is 2. The topological polar surface area (TPSA) is 89.5 Å². The maximum absolute atomic E-state index is 12.8. The second-order valence-corrected chi connectivity index (χ2v) is 7.64. The smallest absolute Gasteiger partial charge is 0.340 e. The van der Waals surface area contributed by atoms with Crippen molar-refractivity contribution in [3.05, 3.63) is 65.5 Å². The summed E-state index contributed by atoms with van der Waals surface area (Å²) in [5, 5.41) is 2.56. The standard InChI is InChI=1S/C18H18FNO5S/c1-12(17(21)20-11-13-7-9-14(19)10-8-13)25-18(22)15-5-3-4-6-16(15)26(2,23)24/h3-10,12H,11H2,1-2H3,(H,20,21). The summed E-state index contributed by atoms with van der Waals surface area (Å²) < 4.78 is 41.4. The molecule has 0 saturated heterocycles. The molecule has 0 aliphatic heterocycles. The Morgan fingerprint density at radius 2 is 1.73 bits per heavy atom. The third-order valence-electron chi connectivity index (χ3n) is 3.54. The molecule has 0 aromatic heterocycles. The van der Waals surface area contributed by atoms with Gasteiger partial charge in [-0.2, -0.15) is 0 Å². The molecule has 2 aromatic carbocycles. The van der Waals surface area contributed by atoms with E-state index in [1.807, 2.05) is 0 Å². The molecule has 8 heteroatoms. The van der Waals surface area contributed by atoms with Crippen molar-refractivity contribution in [2.24, 2.45) is 0 Å². The molecule has 2 rings (SSSR count). The van der Waals surface area contributed by atoms with Crippen molar-refractivity contribution in [1.29, 1.82) is 0 Å². The SMILES string of the molecule is CC(OC(=O)c1ccccc1S(C)(=O)=O)C(=O)NCc1ccc(F)cc1. The van der Waals surface area contributed by atoms with Gasteiger partial charge in [-0.1, -0.05) is 24.3 Å². The summed E-state index contributed by atoms with van der Waals surface area (Å²) in [6, 6.07) is 11.2. The molecule has 0 bridgehead atoms. The van der Waals surface area contributed by atoms with Gasteiger partial charge in [-0.3, -0.25) is 4.79 Å². The monoisotopic (exact) mass is 379 g/mol. The van der Waals surface area contributed by atoms with Crippen LogP contribution in [0.2, 0.25) is 0 Å². The Morgan fingerprint density at radius 1 is 1.12 bits per heavy atom. The number of halogens is 1. The number of nitrogens with one attached hydrogen (secondary N) is 1. The maximum atomic E-state index is 12.8. The van der Waals surface area contributed by atoms with E-state index in [1.54, 1.807) is 0 Å². The molecule has 0 fully saturated rings. The van der Waals surface area contributed by atoms with E-state index in [4.69, 9.17) is 4.74 Å². The van der Waals surface area contributed by atoms with Crippen molar-refractivity contribution in [3.63, 3.8) is 0 Å². The van der Waals surface area contributed by atoms with Crippen LogP contribution in [0, 0.1) is 5.82 Å². The molecular formula is C18H18FNO5S. The van der Waals surface area contributed by atoms with Crippen molar-refractivity contribution in [2.45, 2.75) is 24.5 Å². The van der Waals surface area contributed by atoms with Crippen LogP contribution in [0.4, 0.5) is 4.39 Å². The number of hydrogen-bond acceptors (Lipinski definition) is 5. The first-order chi connectivity index (χ1) is 12.2. The van der Waals surface area contributed by atoms with Gasteiger partial charge in [0.2, 0.25) is 0 Å². The lowest BCUT2D eigenvalue weighted by Crippen LogP contribution is -2.35. The normalized spacial score (nSPS) is 12.3. The van der Waals surface area contributed by atoms with Gasteiger partial charge in [-0.25, -0.2) is 17.6 Å². The molecule has 0 heterocycles. The fourth-order valence-electron chi connectivity index (χ4n) is 2.17. The lowest BCUT2D eigenvalue weighted by atomic mass is 10.2. The fraction of sp³-hybridized carbons (Fsp3) is 0.222. The van der Waals surface area contributed by atoms with E-state index in [0.717, 1.165) is 6.26 Å². The molecule has 0 radical (unpaired) electrons. The zero-order chi connectivity index (χ0) is 19.3. The second-order valence-electron chi connectivity index (χ2n) is 5.66. The van der Waals surface area contributed by atoms with Crippen molar-refractivity contribution in [2.75, 3.05) is 6.26 Å². The first kappa shape index (κ1) is 19.6. The van der Waals surface area contributed by atoms with Gasteiger partial charge in [0.15, 0.2) is 15.9 Å². The Kier molecular flexibility index (Phi) is 6.10. The van der Waals surface area contributed by atoms with Crippen LogP contribution in [0.25, 0.3) is 0 Å². The van der Waals surface area contributed by atoms with Crippen molar-refractivity contribution in [1.82, 2.24) is 5.32 Å². The molecule has 26 heavy (non-hydrogen) atoms. The molecule has 0 spiro atoms. The number of rotatable bonds is 6. The summed E-state index contributed by atoms with van der Waals surface area (Å²) >= 11 is 0. The molecule has 1 N–H and O–H groups in total. The van der Waals surface area contributed by atoms with Crippen LogP contribution >= 0.6 is 0 Å². The molecule has 2 aromatic rings. The Balaban J connectivity index is 2.00. The third-order valence-corrected chi connectivity index (χ3v) is 4.69. The van der Waals surface area contributed by atoms with Crippen LogP contribution in [0.15, 0.2) is 53.4 Å². The Morgan fingerprint density at radius 3 is 2.35 bits per heavy atom. The molecule has 6 nitrogen and oxygen atoms in total. The van der Waals surface area contributed by atoms with Crippen LogP contribution in [0.3, 0.4) is 0 Å². The highest BCUT2D eigenvalue weighted by atomic mass is 32.2. The van der Waals surface area contributed by atoms with Gasteiger partial charge in [0.25, 0.3) is 5.91 Å². The van der Waals surface area contributed by atoms with Gasteiger partial charge < -0.3 is 10.1 Å². The van der Waals surface area contributed by atoms with E-state index in [1.165, 1.54) is 55.5 Å². The van der Waals surface area contributed by atoms with Crippen LogP contribution in [-0.2, 0) is 25.9 Å². The minimum Gasteiger partial charge on any atom is -0.449 e. The average molecular weight is 379 g/mol. The highest BCUT2D eigenvalue weighted by Crippen LogP contribution is 2.17. The fourth-order valence-corrected chi connectivity index (χ4v) is 3.05. The Labute approximate surface area is 150 Å². The van der Waals surface area contributed by atoms with E-state index < -0.39 is 27.8 Å². The van der Waals surface area contributed by atoms with E-state index in [2.05, 4.69) is 5.32 Å². The van der Waals surface area contributed by atoms with E-state index in [0.29, 0.717) is 5.56 Å². The summed E-state index contributed by atoms with van der Waals surface area (Å²) in [5.74, 6) is -1.85. The molecule has 1 atom stereocenters. The highest BCUT2D eigenvalue weighted by molar-refractivity contribution is 7.90. The first-order valence-electron chi connectivity index (χ1n) is 7.70. The Bertz CT molecular complexity index is 909. The van der Waals surface area contributed by atoms with Crippen LogP contribution in [-0.4, -0.2) is 32.7 Å². The summed E-state index contributed by atoms with van der Waals surface area (Å²) in [4.78, 5) is 24.1. The summed E-state index contributed by atoms with van der Waals surface area (Å²) in [7, 11) is -3.62. The van der Waals surface area contributed by atoms with Crippen molar-refractivity contribution >= 4 is 21.7 Å². The minimum atomic E-state index is -3.62. The number of carbonyl (C=O) groups is 2. The van der Waals surface area contributed by atoms with Crippen LogP contribution in [0.1, 0.15) is 22.8 Å². The van der Waals surface area contributed by atoms with Crippen LogP contribution in [0.5, 0.6) is 0 Å². The first-order valence-corrected chi connectivity index (χ1v) is 9.60. The number of benzene rings is 2. The van der Waals surface area contributed by atoms with Gasteiger partial charge in [-0.05, 0) is 36.8 Å². The number of amides is 1. The zero-order valence-corrected chi connectivity index (χ0v) is 15.0. The largest absolute Gasteiger partial charge is 0.449 e. The molecule has 1 amide bonds. The maximum Gasteiger partial charge on any atom is 0.340 e. The summed E-state index contributed by atoms with van der Waals surface area (Å²) in [6.07, 6.45) is -0.145. The summed E-state index contributed by atoms with van der Waals surface area (Å²) in [5.41, 5.74) is 0.550. The number of hydrogen-bond donors (Lipinski definition) is 1. The molecular weight excluding hydrogens is 361 g/mol. The Hall–Kier alpha value is -2.74. The molecule has 0 saturated carbocycles. The van der Waals surface area contributed by atoms with Crippen molar-refractivity contribution in [3.8, 4) is 0 Å². The molecule has 138 valence electrons. The number of ether oxygens (including phenoxy) is 1. The lowest BCUT2D eigenvalue weighted by molar-refractivity contribution is -0.129. The van der Waals surface area contributed by atoms with Gasteiger partial charge in [0, 0.05) is 12.8 Å². The van der Waals surface area contributed by atoms with Gasteiger partial charge in [0.05, 0.1) is 10.5 Å². The summed E-state index contributed by atoms with van der Waals surface area (Å²) in [6.45, 7) is 1.52. The predicted molar refractivity (Wildman–Crippen MR) is 92.7 cm³/mol. The van der Waals surface area contributed by atoms with E-state index >= 15 is 0 Å². The van der Waals surface area contributed by atoms with E-state index in [-0.39, 0.29) is 22.8 Å². The van der Waals surface area contributed by atoms with Crippen LogP contribution < -0.4 is 5.32 Å². The minimum absolute atomic E-state index is 0.131. The van der Waals surface area contributed by atoms with Gasteiger partial charge in [0.1, 0.15) is 5.82 Å². The molecule has 0 aliphatic carbocycles. The van der Waals surface area contributed by atoms with Gasteiger partial charge in [-0.15, -0.1) is 0 Å². The zero-order valence-electron chi connectivity index (χ0n) is 14.2. The van der Waals surface area contributed by atoms with E-state index in [9.17, 15) is 22.4 Å². The predicted octanol–water partition coefficient (Wildman–Crippen LogP) is 2.09. The number of esters is 1. The molecule has 0 aliphatic rings. The third kappa shape index (κ3) is 5.13. The quantitative estimate of drug-likeness (QED) is 0.777.